The predicted molar refractivity (Wildman–Crippen MR) is 84.3 cm³/mol. The van der Waals surface area contributed by atoms with E-state index in [2.05, 4.69) is 5.32 Å². The van der Waals surface area contributed by atoms with Crippen LogP contribution < -0.4 is 10.2 Å². The summed E-state index contributed by atoms with van der Waals surface area (Å²) in [7, 11) is 0. The normalized spacial score (nSPS) is 22.6. The minimum Gasteiger partial charge on any atom is -0.480 e. The van der Waals surface area contributed by atoms with E-state index >= 15 is 0 Å². The summed E-state index contributed by atoms with van der Waals surface area (Å²) in [5, 5.41) is 12.4. The highest BCUT2D eigenvalue weighted by Crippen LogP contribution is 2.34. The first-order valence-corrected chi connectivity index (χ1v) is 7.91. The molecule has 1 aromatic rings. The van der Waals surface area contributed by atoms with Gasteiger partial charge in [-0.1, -0.05) is 23.7 Å². The fourth-order valence-electron chi connectivity index (χ4n) is 3.05. The number of rotatable bonds is 4. The molecule has 1 saturated carbocycles. The van der Waals surface area contributed by atoms with Crippen molar-refractivity contribution in [3.05, 3.63) is 29.3 Å². The zero-order valence-corrected chi connectivity index (χ0v) is 13.2. The number of hydrogen-bond acceptors (Lipinski definition) is 3. The first-order valence-electron chi connectivity index (χ1n) is 7.53. The topological polar surface area (TPSA) is 86.7 Å². The monoisotopic (exact) mass is 336 g/mol. The van der Waals surface area contributed by atoms with Gasteiger partial charge in [-0.25, -0.2) is 4.79 Å². The van der Waals surface area contributed by atoms with Gasteiger partial charge in [0, 0.05) is 13.0 Å². The fraction of sp³-hybridized carbons (Fsp3) is 0.438. The van der Waals surface area contributed by atoms with E-state index in [9.17, 15) is 19.5 Å². The van der Waals surface area contributed by atoms with Gasteiger partial charge in [0.05, 0.1) is 16.6 Å². The van der Waals surface area contributed by atoms with Crippen LogP contribution in [0, 0.1) is 5.92 Å². The molecule has 1 heterocycles. The van der Waals surface area contributed by atoms with Crippen molar-refractivity contribution in [1.29, 1.82) is 0 Å². The van der Waals surface area contributed by atoms with Crippen LogP contribution in [0.4, 0.5) is 5.69 Å². The predicted octanol–water partition coefficient (Wildman–Crippen LogP) is 1.82. The second-order valence-electron chi connectivity index (χ2n) is 6.09. The van der Waals surface area contributed by atoms with Crippen LogP contribution in [0.3, 0.4) is 0 Å². The standard InChI is InChI=1S/C16H17ClN2O4/c17-11-4-1-2-5-12(11)19-9-10(8-13(19)20)14(21)18-16(15(22)23)6-3-7-16/h1-2,4-5,10H,3,6-9H2,(H,18,21)(H,22,23)/t10-/m1/s1. The maximum Gasteiger partial charge on any atom is 0.329 e. The van der Waals surface area contributed by atoms with Crippen molar-refractivity contribution in [2.75, 3.05) is 11.4 Å². The molecular formula is C16H17ClN2O4. The Morgan fingerprint density at radius 2 is 2.00 bits per heavy atom. The Labute approximate surface area is 138 Å². The molecule has 0 unspecified atom stereocenters. The second kappa shape index (κ2) is 5.85. The minimum atomic E-state index is -1.15. The maximum atomic E-state index is 12.4. The molecule has 3 rings (SSSR count). The second-order valence-corrected chi connectivity index (χ2v) is 6.49. The summed E-state index contributed by atoms with van der Waals surface area (Å²) in [6, 6.07) is 6.95. The number of carboxylic acids is 1. The molecule has 2 aliphatic rings. The summed E-state index contributed by atoms with van der Waals surface area (Å²) in [5.41, 5.74) is -0.580. The molecule has 1 atom stereocenters. The summed E-state index contributed by atoms with van der Waals surface area (Å²) in [6.45, 7) is 0.212. The first kappa shape index (κ1) is 15.8. The lowest BCUT2D eigenvalue weighted by atomic mass is 9.76. The van der Waals surface area contributed by atoms with Crippen LogP contribution in [0.2, 0.25) is 5.02 Å². The fourth-order valence-corrected chi connectivity index (χ4v) is 3.28. The van der Waals surface area contributed by atoms with E-state index in [0.29, 0.717) is 23.6 Å². The van der Waals surface area contributed by atoms with E-state index < -0.39 is 17.4 Å². The highest BCUT2D eigenvalue weighted by atomic mass is 35.5. The molecular weight excluding hydrogens is 320 g/mol. The van der Waals surface area contributed by atoms with Gasteiger partial charge in [0.1, 0.15) is 5.54 Å². The van der Waals surface area contributed by atoms with Crippen LogP contribution in [-0.4, -0.2) is 35.0 Å². The van der Waals surface area contributed by atoms with Gasteiger partial charge in [0.25, 0.3) is 0 Å². The highest BCUT2D eigenvalue weighted by molar-refractivity contribution is 6.33. The van der Waals surface area contributed by atoms with Crippen molar-refractivity contribution < 1.29 is 19.5 Å². The number of nitrogens with one attached hydrogen (secondary N) is 1. The Morgan fingerprint density at radius 1 is 1.30 bits per heavy atom. The van der Waals surface area contributed by atoms with Crippen molar-refractivity contribution in [2.45, 2.75) is 31.2 Å². The molecule has 2 N–H and O–H groups in total. The molecule has 0 aromatic heterocycles. The largest absolute Gasteiger partial charge is 0.480 e. The van der Waals surface area contributed by atoms with Crippen molar-refractivity contribution >= 4 is 35.1 Å². The van der Waals surface area contributed by atoms with Crippen LogP contribution >= 0.6 is 11.6 Å². The van der Waals surface area contributed by atoms with Crippen LogP contribution in [0.25, 0.3) is 0 Å². The lowest BCUT2D eigenvalue weighted by molar-refractivity contribution is -0.152. The molecule has 0 spiro atoms. The summed E-state index contributed by atoms with van der Waals surface area (Å²) in [6.07, 6.45) is 1.71. The van der Waals surface area contributed by atoms with Gasteiger partial charge in [-0.05, 0) is 31.4 Å². The van der Waals surface area contributed by atoms with Gasteiger partial charge in [-0.3, -0.25) is 9.59 Å². The average molecular weight is 337 g/mol. The first-order chi connectivity index (χ1) is 10.9. The average Bonchev–Trinajstić information content (AvgIpc) is 2.85. The summed E-state index contributed by atoms with van der Waals surface area (Å²) < 4.78 is 0. The minimum absolute atomic E-state index is 0.0623. The number of halogens is 1. The number of carbonyl (C=O) groups excluding carboxylic acids is 2. The molecule has 2 amide bonds. The summed E-state index contributed by atoms with van der Waals surface area (Å²) >= 11 is 6.10. The molecule has 1 aliphatic heterocycles. The molecule has 1 aromatic carbocycles. The number of anilines is 1. The molecule has 6 nitrogen and oxygen atoms in total. The van der Waals surface area contributed by atoms with Crippen LogP contribution in [0.1, 0.15) is 25.7 Å². The molecule has 1 saturated heterocycles. The van der Waals surface area contributed by atoms with E-state index in [1.807, 2.05) is 0 Å². The molecule has 0 bridgehead atoms. The van der Waals surface area contributed by atoms with Crippen LogP contribution in [0.15, 0.2) is 24.3 Å². The van der Waals surface area contributed by atoms with E-state index in [1.165, 1.54) is 4.90 Å². The lowest BCUT2D eigenvalue weighted by Gasteiger charge is -2.38. The van der Waals surface area contributed by atoms with Crippen LogP contribution in [-0.2, 0) is 14.4 Å². The third-order valence-corrected chi connectivity index (χ3v) is 4.94. The Hall–Kier alpha value is -2.08. The number of amides is 2. The van der Waals surface area contributed by atoms with E-state index in [-0.39, 0.29) is 24.8 Å². The SMILES string of the molecule is O=C(NC1(C(=O)O)CCC1)[C@@H]1CC(=O)N(c2ccccc2Cl)C1. The lowest BCUT2D eigenvalue weighted by Crippen LogP contribution is -2.60. The molecule has 7 heteroatoms. The van der Waals surface area contributed by atoms with Gasteiger partial charge >= 0.3 is 5.97 Å². The van der Waals surface area contributed by atoms with Gasteiger partial charge in [-0.2, -0.15) is 0 Å². The number of benzene rings is 1. The molecule has 1 aliphatic carbocycles. The number of para-hydroxylation sites is 1. The van der Waals surface area contributed by atoms with Crippen molar-refractivity contribution in [2.24, 2.45) is 5.92 Å². The Morgan fingerprint density at radius 3 is 2.57 bits per heavy atom. The summed E-state index contributed by atoms with van der Waals surface area (Å²) in [5.74, 6) is -2.13. The molecule has 0 radical (unpaired) electrons. The van der Waals surface area contributed by atoms with Gasteiger partial charge in [0.15, 0.2) is 0 Å². The number of aliphatic carboxylic acids is 1. The Kier molecular flexibility index (Phi) is 4.02. The third-order valence-electron chi connectivity index (χ3n) is 4.62. The Balaban J connectivity index is 1.71. The number of nitrogens with zero attached hydrogens (tertiary/aromatic N) is 1. The molecule has 122 valence electrons. The quantitative estimate of drug-likeness (QED) is 0.878. The zero-order valence-electron chi connectivity index (χ0n) is 12.4. The van der Waals surface area contributed by atoms with Gasteiger partial charge in [-0.15, -0.1) is 0 Å². The Bertz CT molecular complexity index is 672. The number of hydrogen-bond donors (Lipinski definition) is 2. The van der Waals surface area contributed by atoms with Crippen molar-refractivity contribution in [3.63, 3.8) is 0 Å². The maximum absolute atomic E-state index is 12.4. The van der Waals surface area contributed by atoms with Crippen molar-refractivity contribution in [3.8, 4) is 0 Å². The van der Waals surface area contributed by atoms with Crippen LogP contribution in [0.5, 0.6) is 0 Å². The van der Waals surface area contributed by atoms with E-state index in [1.54, 1.807) is 24.3 Å². The number of carboxylic acid groups (broad SMARTS) is 1. The highest BCUT2D eigenvalue weighted by Gasteiger charge is 2.47. The van der Waals surface area contributed by atoms with E-state index in [0.717, 1.165) is 6.42 Å². The van der Waals surface area contributed by atoms with Gasteiger partial charge < -0.3 is 15.3 Å². The van der Waals surface area contributed by atoms with Crippen molar-refractivity contribution in [1.82, 2.24) is 5.32 Å². The molecule has 23 heavy (non-hydrogen) atoms. The smallest absolute Gasteiger partial charge is 0.329 e. The molecule has 2 fully saturated rings. The zero-order chi connectivity index (χ0) is 16.6. The number of carbonyl (C=O) groups is 3. The third kappa shape index (κ3) is 2.79. The van der Waals surface area contributed by atoms with Gasteiger partial charge in [0.2, 0.25) is 11.8 Å². The summed E-state index contributed by atoms with van der Waals surface area (Å²) in [4.78, 5) is 37.4. The van der Waals surface area contributed by atoms with E-state index in [4.69, 9.17) is 11.6 Å².